The third-order valence-electron chi connectivity index (χ3n) is 1.65. The van der Waals surface area contributed by atoms with Crippen molar-refractivity contribution in [2.45, 2.75) is 12.7 Å². The van der Waals surface area contributed by atoms with Crippen LogP contribution in [-0.4, -0.2) is 12.6 Å². The standard InChI is InChI=1S/C10H12O2S/c1-2-12-10(11)9-5-3-8(7-13)4-6-9/h3-6,13H,2,7H2,1H3. The molecule has 0 amide bonds. The summed E-state index contributed by atoms with van der Waals surface area (Å²) in [5, 5.41) is 0. The maximum atomic E-state index is 11.2. The van der Waals surface area contributed by atoms with E-state index in [9.17, 15) is 4.79 Å². The van der Waals surface area contributed by atoms with Gasteiger partial charge >= 0.3 is 5.97 Å². The van der Waals surface area contributed by atoms with E-state index in [1.165, 1.54) is 0 Å². The fraction of sp³-hybridized carbons (Fsp3) is 0.300. The van der Waals surface area contributed by atoms with Crippen LogP contribution in [0.3, 0.4) is 0 Å². The molecule has 0 unspecified atom stereocenters. The van der Waals surface area contributed by atoms with Crippen molar-refractivity contribution in [1.82, 2.24) is 0 Å². The van der Waals surface area contributed by atoms with Crippen molar-refractivity contribution < 1.29 is 9.53 Å². The van der Waals surface area contributed by atoms with Crippen LogP contribution in [-0.2, 0) is 10.5 Å². The average molecular weight is 196 g/mol. The molecule has 0 saturated carbocycles. The van der Waals surface area contributed by atoms with E-state index in [-0.39, 0.29) is 5.97 Å². The minimum absolute atomic E-state index is 0.270. The van der Waals surface area contributed by atoms with Gasteiger partial charge in [0.1, 0.15) is 0 Å². The average Bonchev–Trinajstić information content (AvgIpc) is 2.18. The van der Waals surface area contributed by atoms with Gasteiger partial charge in [-0.05, 0) is 24.6 Å². The van der Waals surface area contributed by atoms with Crippen molar-refractivity contribution in [1.29, 1.82) is 0 Å². The van der Waals surface area contributed by atoms with E-state index >= 15 is 0 Å². The Morgan fingerprint density at radius 3 is 2.46 bits per heavy atom. The van der Waals surface area contributed by atoms with E-state index < -0.39 is 0 Å². The molecule has 0 fully saturated rings. The maximum Gasteiger partial charge on any atom is 0.338 e. The van der Waals surface area contributed by atoms with E-state index in [1.807, 2.05) is 12.1 Å². The molecule has 0 heterocycles. The van der Waals surface area contributed by atoms with Crippen molar-refractivity contribution in [3.63, 3.8) is 0 Å². The summed E-state index contributed by atoms with van der Waals surface area (Å²) in [4.78, 5) is 11.2. The van der Waals surface area contributed by atoms with Crippen LogP contribution >= 0.6 is 12.6 Å². The molecule has 0 aliphatic rings. The van der Waals surface area contributed by atoms with Crippen LogP contribution in [0.4, 0.5) is 0 Å². The summed E-state index contributed by atoms with van der Waals surface area (Å²) in [6, 6.07) is 7.26. The molecule has 1 aromatic rings. The summed E-state index contributed by atoms with van der Waals surface area (Å²) in [6.07, 6.45) is 0. The van der Waals surface area contributed by atoms with Gasteiger partial charge in [0.25, 0.3) is 0 Å². The van der Waals surface area contributed by atoms with Gasteiger partial charge in [-0.2, -0.15) is 12.6 Å². The summed E-state index contributed by atoms with van der Waals surface area (Å²) in [5.74, 6) is 0.413. The molecule has 0 spiro atoms. The van der Waals surface area contributed by atoms with Crippen LogP contribution in [0.5, 0.6) is 0 Å². The third-order valence-corrected chi connectivity index (χ3v) is 2.01. The second-order valence-electron chi connectivity index (χ2n) is 2.58. The zero-order valence-electron chi connectivity index (χ0n) is 7.49. The molecule has 0 aliphatic heterocycles. The quantitative estimate of drug-likeness (QED) is 0.593. The molecule has 0 saturated heterocycles. The van der Waals surface area contributed by atoms with Crippen molar-refractivity contribution in [2.75, 3.05) is 6.61 Å². The molecule has 0 atom stereocenters. The predicted octanol–water partition coefficient (Wildman–Crippen LogP) is 2.29. The first-order valence-corrected chi connectivity index (χ1v) is 4.78. The van der Waals surface area contributed by atoms with Crippen LogP contribution in [0.1, 0.15) is 22.8 Å². The number of hydrogen-bond acceptors (Lipinski definition) is 3. The zero-order chi connectivity index (χ0) is 9.68. The summed E-state index contributed by atoms with van der Waals surface area (Å²) in [5.41, 5.74) is 1.68. The van der Waals surface area contributed by atoms with E-state index in [0.29, 0.717) is 17.9 Å². The molecule has 2 nitrogen and oxygen atoms in total. The minimum atomic E-state index is -0.270. The Morgan fingerprint density at radius 1 is 1.38 bits per heavy atom. The summed E-state index contributed by atoms with van der Waals surface area (Å²) in [7, 11) is 0. The molecule has 3 heteroatoms. The monoisotopic (exact) mass is 196 g/mol. The fourth-order valence-electron chi connectivity index (χ4n) is 0.961. The van der Waals surface area contributed by atoms with Crippen LogP contribution in [0, 0.1) is 0 Å². The lowest BCUT2D eigenvalue weighted by Crippen LogP contribution is -2.04. The van der Waals surface area contributed by atoms with E-state index in [1.54, 1.807) is 19.1 Å². The lowest BCUT2D eigenvalue weighted by atomic mass is 10.1. The molecule has 1 aromatic carbocycles. The lowest BCUT2D eigenvalue weighted by molar-refractivity contribution is 0.0526. The number of rotatable bonds is 3. The zero-order valence-corrected chi connectivity index (χ0v) is 8.38. The number of ether oxygens (including phenoxy) is 1. The smallest absolute Gasteiger partial charge is 0.338 e. The Kier molecular flexibility index (Phi) is 3.83. The van der Waals surface area contributed by atoms with Gasteiger partial charge in [-0.25, -0.2) is 4.79 Å². The van der Waals surface area contributed by atoms with Crippen LogP contribution in [0.2, 0.25) is 0 Å². The van der Waals surface area contributed by atoms with Gasteiger partial charge in [-0.1, -0.05) is 12.1 Å². The number of hydrogen-bond donors (Lipinski definition) is 1. The molecule has 0 aromatic heterocycles. The molecular formula is C10H12O2S. The first-order chi connectivity index (χ1) is 6.27. The topological polar surface area (TPSA) is 26.3 Å². The number of benzene rings is 1. The Morgan fingerprint density at radius 2 is 2.00 bits per heavy atom. The van der Waals surface area contributed by atoms with Gasteiger partial charge in [0.2, 0.25) is 0 Å². The Bertz CT molecular complexity index is 279. The summed E-state index contributed by atoms with van der Waals surface area (Å²) < 4.78 is 4.84. The predicted molar refractivity (Wildman–Crippen MR) is 55.1 cm³/mol. The van der Waals surface area contributed by atoms with Crippen molar-refractivity contribution in [2.24, 2.45) is 0 Å². The lowest BCUT2D eigenvalue weighted by Gasteiger charge is -2.01. The van der Waals surface area contributed by atoms with Crippen LogP contribution < -0.4 is 0 Å². The fourth-order valence-corrected chi connectivity index (χ4v) is 1.17. The molecule has 0 aliphatic carbocycles. The number of carbonyl (C=O) groups is 1. The van der Waals surface area contributed by atoms with Crippen LogP contribution in [0.15, 0.2) is 24.3 Å². The molecular weight excluding hydrogens is 184 g/mol. The highest BCUT2D eigenvalue weighted by molar-refractivity contribution is 7.79. The molecule has 0 bridgehead atoms. The van der Waals surface area contributed by atoms with E-state index in [2.05, 4.69) is 12.6 Å². The summed E-state index contributed by atoms with van der Waals surface area (Å²) in [6.45, 7) is 2.20. The second kappa shape index (κ2) is 4.92. The Hall–Kier alpha value is -0.960. The van der Waals surface area contributed by atoms with E-state index in [4.69, 9.17) is 4.74 Å². The van der Waals surface area contributed by atoms with Crippen molar-refractivity contribution in [3.05, 3.63) is 35.4 Å². The molecule has 0 radical (unpaired) electrons. The Labute approximate surface area is 83.3 Å². The van der Waals surface area contributed by atoms with Gasteiger partial charge in [-0.15, -0.1) is 0 Å². The number of esters is 1. The highest BCUT2D eigenvalue weighted by Crippen LogP contribution is 2.07. The Balaban J connectivity index is 2.74. The first-order valence-electron chi connectivity index (χ1n) is 4.15. The molecule has 1 rings (SSSR count). The minimum Gasteiger partial charge on any atom is -0.462 e. The van der Waals surface area contributed by atoms with Gasteiger partial charge in [-0.3, -0.25) is 0 Å². The maximum absolute atomic E-state index is 11.2. The second-order valence-corrected chi connectivity index (χ2v) is 2.89. The highest BCUT2D eigenvalue weighted by Gasteiger charge is 2.04. The van der Waals surface area contributed by atoms with Gasteiger partial charge < -0.3 is 4.74 Å². The molecule has 13 heavy (non-hydrogen) atoms. The number of carbonyl (C=O) groups excluding carboxylic acids is 1. The van der Waals surface area contributed by atoms with Gasteiger partial charge in [0, 0.05) is 5.75 Å². The highest BCUT2D eigenvalue weighted by atomic mass is 32.1. The third kappa shape index (κ3) is 2.77. The van der Waals surface area contributed by atoms with Crippen LogP contribution in [0.25, 0.3) is 0 Å². The number of thiol groups is 1. The first kappa shape index (κ1) is 10.1. The molecule has 70 valence electrons. The van der Waals surface area contributed by atoms with E-state index in [0.717, 1.165) is 5.56 Å². The van der Waals surface area contributed by atoms with Gasteiger partial charge in [0.15, 0.2) is 0 Å². The largest absolute Gasteiger partial charge is 0.462 e. The van der Waals surface area contributed by atoms with Crippen molar-refractivity contribution >= 4 is 18.6 Å². The summed E-state index contributed by atoms with van der Waals surface area (Å²) >= 11 is 4.12. The molecule has 0 N–H and O–H groups in total. The SMILES string of the molecule is CCOC(=O)c1ccc(CS)cc1. The van der Waals surface area contributed by atoms with Gasteiger partial charge in [0.05, 0.1) is 12.2 Å². The van der Waals surface area contributed by atoms with Crippen molar-refractivity contribution in [3.8, 4) is 0 Å². The normalized spacial score (nSPS) is 9.69.